The summed E-state index contributed by atoms with van der Waals surface area (Å²) in [6, 6.07) is 11.3. The van der Waals surface area contributed by atoms with Gasteiger partial charge in [0.2, 0.25) is 11.8 Å². The minimum atomic E-state index is -1.05. The second-order valence-corrected chi connectivity index (χ2v) is 7.54. The van der Waals surface area contributed by atoms with Crippen LogP contribution >= 0.6 is 0 Å². The molecule has 0 fully saturated rings. The first kappa shape index (κ1) is 24.4. The fraction of sp³-hybridized carbons (Fsp3) is 0.391. The molecule has 2 aromatic carbocycles. The van der Waals surface area contributed by atoms with Crippen LogP contribution in [0.4, 0.5) is 8.78 Å². The third-order valence-electron chi connectivity index (χ3n) is 4.58. The molecule has 8 heteroatoms. The largest absolute Gasteiger partial charge is 0.391 e. The number of rotatable bonds is 11. The summed E-state index contributed by atoms with van der Waals surface area (Å²) < 4.78 is 32.3. The van der Waals surface area contributed by atoms with Crippen LogP contribution in [0.15, 0.2) is 48.5 Å². The molecule has 6 nitrogen and oxygen atoms in total. The Kier molecular flexibility index (Phi) is 9.55. The standard InChI is InChI=1S/C23H28F2N2O4/c1-15(26-23(30)14-31-13-17-6-4-3-5-7-17)8-22(29)21(27-16(2)28)11-18-9-19(24)12-20(25)10-18/h3-7,9-10,12,15,21-22,29H,8,11,13-14H2,1-2H3,(H,26,30)(H,27,28). The minimum absolute atomic E-state index is 0.0380. The molecule has 0 bridgehead atoms. The van der Waals surface area contributed by atoms with Gasteiger partial charge < -0.3 is 20.5 Å². The van der Waals surface area contributed by atoms with Crippen molar-refractivity contribution in [3.8, 4) is 0 Å². The van der Waals surface area contributed by atoms with E-state index in [9.17, 15) is 23.5 Å². The van der Waals surface area contributed by atoms with E-state index in [0.717, 1.165) is 23.8 Å². The van der Waals surface area contributed by atoms with Crippen LogP contribution in [-0.2, 0) is 27.4 Å². The lowest BCUT2D eigenvalue weighted by Gasteiger charge is -2.26. The molecule has 2 amide bonds. The van der Waals surface area contributed by atoms with Crippen molar-refractivity contribution < 1.29 is 28.2 Å². The molecule has 0 heterocycles. The highest BCUT2D eigenvalue weighted by Gasteiger charge is 2.24. The highest BCUT2D eigenvalue weighted by molar-refractivity contribution is 5.77. The normalized spacial score (nSPS) is 13.8. The number of halogens is 2. The molecular weight excluding hydrogens is 406 g/mol. The van der Waals surface area contributed by atoms with Gasteiger partial charge in [-0.1, -0.05) is 30.3 Å². The number of benzene rings is 2. The predicted octanol–water partition coefficient (Wildman–Crippen LogP) is 2.48. The zero-order chi connectivity index (χ0) is 22.8. The van der Waals surface area contributed by atoms with Gasteiger partial charge in [-0.15, -0.1) is 0 Å². The molecule has 0 aromatic heterocycles. The van der Waals surface area contributed by atoms with E-state index in [1.165, 1.54) is 6.92 Å². The lowest BCUT2D eigenvalue weighted by atomic mass is 9.96. The molecule has 0 aliphatic heterocycles. The van der Waals surface area contributed by atoms with Crippen molar-refractivity contribution in [2.24, 2.45) is 0 Å². The first-order valence-electron chi connectivity index (χ1n) is 10.0. The number of carbonyl (C=O) groups is 2. The van der Waals surface area contributed by atoms with Gasteiger partial charge in [0.25, 0.3) is 0 Å². The van der Waals surface area contributed by atoms with Gasteiger partial charge in [-0.3, -0.25) is 9.59 Å². The van der Waals surface area contributed by atoms with E-state index in [2.05, 4.69) is 10.6 Å². The Balaban J connectivity index is 1.85. The molecule has 0 aliphatic carbocycles. The highest BCUT2D eigenvalue weighted by Crippen LogP contribution is 2.14. The molecule has 0 saturated heterocycles. The van der Waals surface area contributed by atoms with Crippen molar-refractivity contribution in [3.63, 3.8) is 0 Å². The molecule has 0 spiro atoms. The van der Waals surface area contributed by atoms with Crippen molar-refractivity contribution >= 4 is 11.8 Å². The summed E-state index contributed by atoms with van der Waals surface area (Å²) >= 11 is 0. The number of hydrogen-bond donors (Lipinski definition) is 3. The van der Waals surface area contributed by atoms with Crippen molar-refractivity contribution in [2.75, 3.05) is 6.61 Å². The zero-order valence-corrected chi connectivity index (χ0v) is 17.6. The van der Waals surface area contributed by atoms with Gasteiger partial charge in [0, 0.05) is 19.0 Å². The van der Waals surface area contributed by atoms with Gasteiger partial charge in [0.15, 0.2) is 0 Å². The first-order chi connectivity index (χ1) is 14.7. The van der Waals surface area contributed by atoms with E-state index < -0.39 is 29.8 Å². The minimum Gasteiger partial charge on any atom is -0.391 e. The van der Waals surface area contributed by atoms with E-state index in [1.54, 1.807) is 6.92 Å². The molecular formula is C23H28F2N2O4. The van der Waals surface area contributed by atoms with Crippen LogP contribution < -0.4 is 10.6 Å². The number of aliphatic hydroxyl groups excluding tert-OH is 1. The highest BCUT2D eigenvalue weighted by atomic mass is 19.1. The fourth-order valence-corrected chi connectivity index (χ4v) is 3.26. The summed E-state index contributed by atoms with van der Waals surface area (Å²) in [7, 11) is 0. The Bertz CT molecular complexity index is 844. The van der Waals surface area contributed by atoms with E-state index in [1.807, 2.05) is 30.3 Å². The zero-order valence-electron chi connectivity index (χ0n) is 17.6. The second-order valence-electron chi connectivity index (χ2n) is 7.54. The molecule has 2 rings (SSSR count). The number of hydrogen-bond acceptors (Lipinski definition) is 4. The Morgan fingerprint density at radius 3 is 2.29 bits per heavy atom. The van der Waals surface area contributed by atoms with Gasteiger partial charge in [0.05, 0.1) is 18.8 Å². The van der Waals surface area contributed by atoms with Gasteiger partial charge in [-0.05, 0) is 43.0 Å². The SMILES string of the molecule is CC(=O)NC(Cc1cc(F)cc(F)c1)C(O)CC(C)NC(=O)COCc1ccccc1. The summed E-state index contributed by atoms with van der Waals surface area (Å²) in [5.74, 6) is -2.18. The summed E-state index contributed by atoms with van der Waals surface area (Å²) in [5, 5.41) is 15.9. The number of aliphatic hydroxyl groups is 1. The van der Waals surface area contributed by atoms with Crippen molar-refractivity contribution in [3.05, 3.63) is 71.3 Å². The van der Waals surface area contributed by atoms with Crippen molar-refractivity contribution in [1.82, 2.24) is 10.6 Å². The lowest BCUT2D eigenvalue weighted by Crippen LogP contribution is -2.47. The van der Waals surface area contributed by atoms with Crippen LogP contribution in [0.3, 0.4) is 0 Å². The average molecular weight is 434 g/mol. The molecule has 2 aromatic rings. The van der Waals surface area contributed by atoms with Crippen LogP contribution in [0.1, 0.15) is 31.4 Å². The van der Waals surface area contributed by atoms with E-state index in [0.29, 0.717) is 12.2 Å². The molecule has 168 valence electrons. The van der Waals surface area contributed by atoms with Crippen LogP contribution in [0.5, 0.6) is 0 Å². The number of nitrogens with one attached hydrogen (secondary N) is 2. The van der Waals surface area contributed by atoms with E-state index in [4.69, 9.17) is 4.74 Å². The van der Waals surface area contributed by atoms with Crippen LogP contribution in [0.2, 0.25) is 0 Å². The van der Waals surface area contributed by atoms with Gasteiger partial charge in [-0.2, -0.15) is 0 Å². The quantitative estimate of drug-likeness (QED) is 0.507. The second kappa shape index (κ2) is 12.1. The van der Waals surface area contributed by atoms with Crippen LogP contribution in [-0.4, -0.2) is 41.7 Å². The summed E-state index contributed by atoms with van der Waals surface area (Å²) in [4.78, 5) is 23.6. The van der Waals surface area contributed by atoms with Crippen molar-refractivity contribution in [1.29, 1.82) is 0 Å². The molecule has 0 radical (unpaired) electrons. The predicted molar refractivity (Wildman–Crippen MR) is 112 cm³/mol. The average Bonchev–Trinajstić information content (AvgIpc) is 2.67. The smallest absolute Gasteiger partial charge is 0.246 e. The molecule has 3 unspecified atom stereocenters. The molecule has 3 atom stereocenters. The maximum atomic E-state index is 13.5. The number of ether oxygens (including phenoxy) is 1. The third kappa shape index (κ3) is 9.23. The Morgan fingerprint density at radius 2 is 1.68 bits per heavy atom. The lowest BCUT2D eigenvalue weighted by molar-refractivity contribution is -0.127. The summed E-state index contributed by atoms with van der Waals surface area (Å²) in [5.41, 5.74) is 1.26. The van der Waals surface area contributed by atoms with Gasteiger partial charge in [0.1, 0.15) is 18.2 Å². The summed E-state index contributed by atoms with van der Waals surface area (Å²) in [6.07, 6.45) is -0.875. The maximum Gasteiger partial charge on any atom is 0.246 e. The number of amides is 2. The Morgan fingerprint density at radius 1 is 1.03 bits per heavy atom. The molecule has 3 N–H and O–H groups in total. The van der Waals surface area contributed by atoms with Gasteiger partial charge >= 0.3 is 0 Å². The van der Waals surface area contributed by atoms with Crippen molar-refractivity contribution in [2.45, 2.75) is 51.5 Å². The Labute approximate surface area is 180 Å². The van der Waals surface area contributed by atoms with E-state index >= 15 is 0 Å². The number of carbonyl (C=O) groups excluding carboxylic acids is 2. The van der Waals surface area contributed by atoms with E-state index in [-0.39, 0.29) is 31.3 Å². The van der Waals surface area contributed by atoms with Gasteiger partial charge in [-0.25, -0.2) is 8.78 Å². The van der Waals surface area contributed by atoms with Crippen LogP contribution in [0.25, 0.3) is 0 Å². The molecule has 0 saturated carbocycles. The maximum absolute atomic E-state index is 13.5. The topological polar surface area (TPSA) is 87.7 Å². The third-order valence-corrected chi connectivity index (χ3v) is 4.58. The Hall–Kier alpha value is -2.84. The fourth-order valence-electron chi connectivity index (χ4n) is 3.26. The molecule has 31 heavy (non-hydrogen) atoms. The first-order valence-corrected chi connectivity index (χ1v) is 10.0. The summed E-state index contributed by atoms with van der Waals surface area (Å²) in [6.45, 7) is 3.18. The van der Waals surface area contributed by atoms with Crippen LogP contribution in [0, 0.1) is 11.6 Å². The molecule has 0 aliphatic rings. The monoisotopic (exact) mass is 434 g/mol.